The second-order valence-electron chi connectivity index (χ2n) is 9.72. The first kappa shape index (κ1) is 36.1. The smallest absolute Gasteiger partial charge is 0.320 e. The minimum atomic E-state index is -1.80. The summed E-state index contributed by atoms with van der Waals surface area (Å²) in [7, 11) is 2.02. The first-order chi connectivity index (χ1) is 20.4. The van der Waals surface area contributed by atoms with Gasteiger partial charge in [0.1, 0.15) is 6.79 Å². The third kappa shape index (κ3) is 10.1. The lowest BCUT2D eigenvalue weighted by atomic mass is 9.82. The Kier molecular flexibility index (Phi) is 14.9. The van der Waals surface area contributed by atoms with Gasteiger partial charge in [0, 0.05) is 24.0 Å². The van der Waals surface area contributed by atoms with Gasteiger partial charge in [-0.05, 0) is 49.9 Å². The van der Waals surface area contributed by atoms with Crippen molar-refractivity contribution in [1.82, 2.24) is 0 Å². The zero-order valence-electron chi connectivity index (χ0n) is 25.3. The van der Waals surface area contributed by atoms with Crippen LogP contribution in [0.5, 0.6) is 0 Å². The van der Waals surface area contributed by atoms with Crippen LogP contribution in [0.15, 0.2) is 66.7 Å². The number of carbonyl (C=O) groups is 6. The summed E-state index contributed by atoms with van der Waals surface area (Å²) in [5.74, 6) is -8.01. The molecule has 0 saturated heterocycles. The van der Waals surface area contributed by atoms with E-state index in [1.54, 1.807) is 26.8 Å². The van der Waals surface area contributed by atoms with Crippen LogP contribution in [0, 0.1) is 39.5 Å². The van der Waals surface area contributed by atoms with Gasteiger partial charge in [0.25, 0.3) is 0 Å². The van der Waals surface area contributed by atoms with Gasteiger partial charge >= 0.3 is 17.9 Å². The van der Waals surface area contributed by atoms with Gasteiger partial charge < -0.3 is 19.4 Å². The molecule has 1 N–H and O–H groups in total. The van der Waals surface area contributed by atoms with Gasteiger partial charge in [0.2, 0.25) is 0 Å². The number of rotatable bonds is 10. The third-order valence-corrected chi connectivity index (χ3v) is 6.71. The van der Waals surface area contributed by atoms with Crippen molar-refractivity contribution in [1.29, 1.82) is 0 Å². The Morgan fingerprint density at radius 3 is 1.56 bits per heavy atom. The van der Waals surface area contributed by atoms with E-state index >= 15 is 0 Å². The molecule has 3 aromatic carbocycles. The van der Waals surface area contributed by atoms with E-state index in [2.05, 4.69) is 28.5 Å². The maximum absolute atomic E-state index is 13.3. The van der Waals surface area contributed by atoms with Crippen LogP contribution < -0.4 is 0 Å². The summed E-state index contributed by atoms with van der Waals surface area (Å²) in [5, 5.41) is 9.70. The zero-order chi connectivity index (χ0) is 32.7. The predicted octanol–water partition coefficient (Wildman–Crippen LogP) is 5.08. The largest absolute Gasteiger partial charge is 0.481 e. The number of esters is 2. The highest BCUT2D eigenvalue weighted by Gasteiger charge is 2.43. The van der Waals surface area contributed by atoms with Crippen molar-refractivity contribution in [2.45, 2.75) is 40.5 Å². The van der Waals surface area contributed by atoms with Gasteiger partial charge in [-0.25, -0.2) is 0 Å². The number of carboxylic acid groups (broad SMARTS) is 1. The van der Waals surface area contributed by atoms with Gasteiger partial charge in [0.15, 0.2) is 17.5 Å². The topological polar surface area (TPSA) is 141 Å². The van der Waals surface area contributed by atoms with E-state index in [4.69, 9.17) is 4.79 Å². The highest BCUT2D eigenvalue weighted by molar-refractivity contribution is 6.08. The standard InChI is InChI=1S/C26H28O8.C7H8.CH2O/c1-14-11-15(2)22(16(3)21(14)19(27)12-17-9-7-6-8-10-17)20(28)13-18(24(29)30)23(25(31)33-4)26(32)34-5;1-7-5-3-2-4-6-7;1-2/h6-11,18,23H,12-13H2,1-5H3,(H,29,30);2-6H,1H3;1H2. The Labute approximate surface area is 251 Å². The number of aryl methyl sites for hydroxylation is 3. The molecule has 0 radical (unpaired) electrons. The average molecular weight is 591 g/mol. The molecular formula is C34H38O9. The van der Waals surface area contributed by atoms with Crippen LogP contribution in [-0.2, 0) is 35.1 Å². The fourth-order valence-electron chi connectivity index (χ4n) is 4.78. The van der Waals surface area contributed by atoms with Crippen molar-refractivity contribution in [2.24, 2.45) is 11.8 Å². The minimum Gasteiger partial charge on any atom is -0.481 e. The summed E-state index contributed by atoms with van der Waals surface area (Å²) in [4.78, 5) is 70.6. The molecule has 0 aliphatic rings. The first-order valence-corrected chi connectivity index (χ1v) is 13.3. The molecule has 9 heteroatoms. The van der Waals surface area contributed by atoms with E-state index in [0.29, 0.717) is 22.3 Å². The van der Waals surface area contributed by atoms with Crippen LogP contribution in [0.25, 0.3) is 0 Å². The molecule has 0 heterocycles. The molecule has 0 aliphatic carbocycles. The van der Waals surface area contributed by atoms with Crippen molar-refractivity contribution >= 4 is 36.3 Å². The molecule has 3 rings (SSSR count). The molecular weight excluding hydrogens is 552 g/mol. The van der Waals surface area contributed by atoms with Crippen molar-refractivity contribution in [3.63, 3.8) is 0 Å². The molecule has 228 valence electrons. The molecule has 0 amide bonds. The molecule has 0 saturated carbocycles. The number of benzene rings is 3. The molecule has 0 bridgehead atoms. The third-order valence-electron chi connectivity index (χ3n) is 6.71. The normalized spacial score (nSPS) is 10.7. The fraction of sp³-hybridized carbons (Fsp3) is 0.294. The number of ketones is 2. The predicted molar refractivity (Wildman–Crippen MR) is 161 cm³/mol. The molecule has 0 aliphatic heterocycles. The summed E-state index contributed by atoms with van der Waals surface area (Å²) in [5.41, 5.74) is 4.42. The van der Waals surface area contributed by atoms with E-state index in [1.807, 2.05) is 55.3 Å². The van der Waals surface area contributed by atoms with Crippen molar-refractivity contribution < 1.29 is 43.3 Å². The zero-order valence-corrected chi connectivity index (χ0v) is 25.3. The molecule has 1 unspecified atom stereocenters. The summed E-state index contributed by atoms with van der Waals surface area (Å²) in [6.07, 6.45) is -0.509. The number of hydrogen-bond acceptors (Lipinski definition) is 8. The Morgan fingerprint density at radius 2 is 1.16 bits per heavy atom. The second kappa shape index (κ2) is 17.8. The highest BCUT2D eigenvalue weighted by atomic mass is 16.5. The highest BCUT2D eigenvalue weighted by Crippen LogP contribution is 2.28. The maximum atomic E-state index is 13.3. The molecule has 0 aromatic heterocycles. The second-order valence-corrected chi connectivity index (χ2v) is 9.72. The maximum Gasteiger partial charge on any atom is 0.320 e. The summed E-state index contributed by atoms with van der Waals surface area (Å²) < 4.78 is 9.13. The number of carboxylic acids is 1. The average Bonchev–Trinajstić information content (AvgIpc) is 2.98. The van der Waals surface area contributed by atoms with Crippen LogP contribution in [-0.4, -0.2) is 55.6 Å². The van der Waals surface area contributed by atoms with Crippen molar-refractivity contribution in [2.75, 3.05) is 14.2 Å². The van der Waals surface area contributed by atoms with Gasteiger partial charge in [-0.3, -0.25) is 24.0 Å². The lowest BCUT2D eigenvalue weighted by molar-refractivity contribution is -0.167. The van der Waals surface area contributed by atoms with Crippen molar-refractivity contribution in [3.8, 4) is 0 Å². The fourth-order valence-corrected chi connectivity index (χ4v) is 4.78. The van der Waals surface area contributed by atoms with E-state index in [0.717, 1.165) is 19.8 Å². The Balaban J connectivity index is 0.000000883. The molecule has 9 nitrogen and oxygen atoms in total. The lowest BCUT2D eigenvalue weighted by Crippen LogP contribution is -2.38. The SMILES string of the molecule is C=O.COC(=O)C(C(=O)OC)C(CC(=O)c1c(C)cc(C)c(C(=O)Cc2ccccc2)c1C)C(=O)O.Cc1ccccc1. The van der Waals surface area contributed by atoms with Crippen LogP contribution in [0.2, 0.25) is 0 Å². The van der Waals surface area contributed by atoms with E-state index in [-0.39, 0.29) is 17.8 Å². The lowest BCUT2D eigenvalue weighted by Gasteiger charge is -2.21. The Morgan fingerprint density at radius 1 is 0.721 bits per heavy atom. The summed E-state index contributed by atoms with van der Waals surface area (Å²) in [6.45, 7) is 9.18. The molecule has 0 fully saturated rings. The first-order valence-electron chi connectivity index (χ1n) is 13.3. The number of ether oxygens (including phenoxy) is 2. The van der Waals surface area contributed by atoms with E-state index < -0.39 is 41.9 Å². The Hall–Kier alpha value is -4.92. The van der Waals surface area contributed by atoms with Crippen LogP contribution in [0.3, 0.4) is 0 Å². The quantitative estimate of drug-likeness (QED) is 0.194. The molecule has 43 heavy (non-hydrogen) atoms. The summed E-state index contributed by atoms with van der Waals surface area (Å²) in [6, 6.07) is 21.1. The monoisotopic (exact) mass is 590 g/mol. The van der Waals surface area contributed by atoms with Crippen LogP contribution in [0.4, 0.5) is 0 Å². The van der Waals surface area contributed by atoms with Gasteiger partial charge in [0.05, 0.1) is 20.1 Å². The Bertz CT molecular complexity index is 1400. The van der Waals surface area contributed by atoms with Crippen LogP contribution in [0.1, 0.15) is 55.0 Å². The molecule has 0 spiro atoms. The number of carbonyl (C=O) groups excluding carboxylic acids is 5. The number of hydrogen-bond donors (Lipinski definition) is 1. The molecule has 3 aromatic rings. The number of aliphatic carboxylic acids is 1. The van der Waals surface area contributed by atoms with Crippen LogP contribution >= 0.6 is 0 Å². The minimum absolute atomic E-state index is 0.143. The van der Waals surface area contributed by atoms with Crippen molar-refractivity contribution in [3.05, 3.63) is 106 Å². The number of methoxy groups -OCH3 is 2. The van der Waals surface area contributed by atoms with E-state index in [9.17, 15) is 29.1 Å². The number of Topliss-reactive ketones (excluding diaryl/α,β-unsaturated/α-hetero) is 2. The van der Waals surface area contributed by atoms with Gasteiger partial charge in [-0.15, -0.1) is 0 Å². The van der Waals surface area contributed by atoms with Gasteiger partial charge in [-0.1, -0.05) is 72.3 Å². The van der Waals surface area contributed by atoms with Gasteiger partial charge in [-0.2, -0.15) is 0 Å². The summed E-state index contributed by atoms with van der Waals surface area (Å²) >= 11 is 0. The molecule has 1 atom stereocenters. The van der Waals surface area contributed by atoms with E-state index in [1.165, 1.54) is 5.56 Å².